The summed E-state index contributed by atoms with van der Waals surface area (Å²) in [5.74, 6) is 0.128. The summed E-state index contributed by atoms with van der Waals surface area (Å²) >= 11 is 0. The predicted octanol–water partition coefficient (Wildman–Crippen LogP) is 0.254. The number of hydrogen-bond acceptors (Lipinski definition) is 3. The van der Waals surface area contributed by atoms with Crippen LogP contribution in [0.15, 0.2) is 5.11 Å². The molecule has 2 atom stereocenters. The number of β-lactam (4-membered cyclic amide) rings is 1. The van der Waals surface area contributed by atoms with Crippen molar-refractivity contribution in [2.75, 3.05) is 13.1 Å². The summed E-state index contributed by atoms with van der Waals surface area (Å²) in [5, 5.41) is 3.39. The van der Waals surface area contributed by atoms with Crippen LogP contribution in [-0.2, 0) is 9.53 Å². The molecule has 0 aromatic heterocycles. The number of carbonyl (C=O) groups is 1. The Bertz CT molecular complexity index is 260. The molecule has 0 radical (unpaired) electrons. The number of azide groups is 1. The fourth-order valence-corrected chi connectivity index (χ4v) is 1.48. The van der Waals surface area contributed by atoms with Crippen molar-refractivity contribution >= 4 is 5.91 Å². The van der Waals surface area contributed by atoms with Gasteiger partial charge in [-0.25, -0.2) is 0 Å². The maximum atomic E-state index is 10.9. The van der Waals surface area contributed by atoms with Gasteiger partial charge in [0.25, 0.3) is 0 Å². The summed E-state index contributed by atoms with van der Waals surface area (Å²) in [6, 6.07) is 0. The van der Waals surface area contributed by atoms with Crippen LogP contribution in [0, 0.1) is 0 Å². The first-order valence-electron chi connectivity index (χ1n) is 3.77. The topological polar surface area (TPSA) is 78.3 Å². The maximum absolute atomic E-state index is 10.9. The summed E-state index contributed by atoms with van der Waals surface area (Å²) < 4.78 is 5.37. The zero-order valence-corrected chi connectivity index (χ0v) is 6.38. The summed E-state index contributed by atoms with van der Waals surface area (Å²) in [6.45, 7) is 0.888. The van der Waals surface area contributed by atoms with E-state index in [1.807, 2.05) is 0 Å². The van der Waals surface area contributed by atoms with Gasteiger partial charge in [0, 0.05) is 11.5 Å². The van der Waals surface area contributed by atoms with Gasteiger partial charge in [-0.15, -0.1) is 0 Å². The lowest BCUT2D eigenvalue weighted by Gasteiger charge is -2.31. The Kier molecular flexibility index (Phi) is 1.64. The van der Waals surface area contributed by atoms with E-state index < -0.39 is 0 Å². The average molecular weight is 168 g/mol. The summed E-state index contributed by atoms with van der Waals surface area (Å²) in [6.07, 6.45) is 0.334. The first-order valence-corrected chi connectivity index (χ1v) is 3.77. The molecule has 0 aromatic carbocycles. The molecule has 2 rings (SSSR count). The molecule has 0 spiro atoms. The molecule has 6 heteroatoms. The lowest BCUT2D eigenvalue weighted by Crippen LogP contribution is -2.48. The highest BCUT2D eigenvalue weighted by Crippen LogP contribution is 2.28. The van der Waals surface area contributed by atoms with Gasteiger partial charge >= 0.3 is 0 Å². The SMILES string of the molecule is [N-]=[N+]=NCC1CN2C(=O)CC2O1. The molecule has 2 saturated heterocycles. The Labute approximate surface area is 68.7 Å². The molecule has 2 aliphatic rings. The highest BCUT2D eigenvalue weighted by Gasteiger charge is 2.44. The number of amides is 1. The molecule has 0 saturated carbocycles. The van der Waals surface area contributed by atoms with E-state index in [1.165, 1.54) is 0 Å². The van der Waals surface area contributed by atoms with Crippen LogP contribution in [0.5, 0.6) is 0 Å². The van der Waals surface area contributed by atoms with Gasteiger partial charge in [-0.05, 0) is 5.53 Å². The van der Waals surface area contributed by atoms with Gasteiger partial charge in [0.2, 0.25) is 5.91 Å². The van der Waals surface area contributed by atoms with Crippen LogP contribution in [0.2, 0.25) is 0 Å². The fourth-order valence-electron chi connectivity index (χ4n) is 1.48. The molecule has 0 aliphatic carbocycles. The van der Waals surface area contributed by atoms with Crippen molar-refractivity contribution in [1.82, 2.24) is 4.90 Å². The standard InChI is InChI=1S/C6H8N4O2/c7-9-8-2-4-3-10-5(11)1-6(10)12-4/h4,6H,1-3H2. The highest BCUT2D eigenvalue weighted by molar-refractivity contribution is 5.82. The molecule has 12 heavy (non-hydrogen) atoms. The fraction of sp³-hybridized carbons (Fsp3) is 0.833. The molecule has 6 nitrogen and oxygen atoms in total. The van der Waals surface area contributed by atoms with E-state index in [1.54, 1.807) is 4.90 Å². The summed E-state index contributed by atoms with van der Waals surface area (Å²) in [4.78, 5) is 15.2. The Morgan fingerprint density at radius 2 is 2.67 bits per heavy atom. The first-order chi connectivity index (χ1) is 5.81. The lowest BCUT2D eigenvalue weighted by atomic mass is 10.2. The van der Waals surface area contributed by atoms with Gasteiger partial charge in [0.1, 0.15) is 6.23 Å². The van der Waals surface area contributed by atoms with Gasteiger partial charge in [0.15, 0.2) is 0 Å². The van der Waals surface area contributed by atoms with Crippen molar-refractivity contribution < 1.29 is 9.53 Å². The third-order valence-electron chi connectivity index (χ3n) is 2.12. The minimum Gasteiger partial charge on any atom is -0.353 e. The molecule has 64 valence electrons. The van der Waals surface area contributed by atoms with Crippen molar-refractivity contribution in [3.63, 3.8) is 0 Å². The zero-order chi connectivity index (χ0) is 8.55. The number of rotatable bonds is 2. The van der Waals surface area contributed by atoms with E-state index in [2.05, 4.69) is 10.0 Å². The van der Waals surface area contributed by atoms with E-state index in [-0.39, 0.29) is 18.2 Å². The smallest absolute Gasteiger partial charge is 0.229 e. The minimum atomic E-state index is -0.0997. The van der Waals surface area contributed by atoms with Crippen molar-refractivity contribution in [3.05, 3.63) is 10.4 Å². The largest absolute Gasteiger partial charge is 0.353 e. The molecule has 0 aromatic rings. The molecule has 0 bridgehead atoms. The van der Waals surface area contributed by atoms with Crippen LogP contribution in [-0.4, -0.2) is 36.2 Å². The van der Waals surface area contributed by atoms with Gasteiger partial charge < -0.3 is 9.64 Å². The monoisotopic (exact) mass is 168 g/mol. The van der Waals surface area contributed by atoms with E-state index in [9.17, 15) is 4.79 Å². The predicted molar refractivity (Wildman–Crippen MR) is 39.0 cm³/mol. The Balaban J connectivity index is 1.90. The Hall–Kier alpha value is -1.26. The van der Waals surface area contributed by atoms with Crippen LogP contribution in [0.3, 0.4) is 0 Å². The molecule has 2 unspecified atom stereocenters. The molecular weight excluding hydrogens is 160 g/mol. The lowest BCUT2D eigenvalue weighted by molar-refractivity contribution is -0.156. The third-order valence-corrected chi connectivity index (χ3v) is 2.12. The summed E-state index contributed by atoms with van der Waals surface area (Å²) in [7, 11) is 0. The van der Waals surface area contributed by atoms with E-state index in [0.717, 1.165) is 0 Å². The van der Waals surface area contributed by atoms with Crippen molar-refractivity contribution in [1.29, 1.82) is 0 Å². The van der Waals surface area contributed by atoms with Gasteiger partial charge in [-0.1, -0.05) is 5.11 Å². The normalized spacial score (nSPS) is 32.3. The van der Waals surface area contributed by atoms with Crippen LogP contribution in [0.4, 0.5) is 0 Å². The van der Waals surface area contributed by atoms with E-state index >= 15 is 0 Å². The van der Waals surface area contributed by atoms with Crippen molar-refractivity contribution in [2.24, 2.45) is 5.11 Å². The Morgan fingerprint density at radius 3 is 3.25 bits per heavy atom. The molecule has 1 amide bonds. The van der Waals surface area contributed by atoms with Gasteiger partial charge in [0.05, 0.1) is 19.1 Å². The van der Waals surface area contributed by atoms with Crippen LogP contribution < -0.4 is 0 Å². The molecule has 2 fully saturated rings. The average Bonchev–Trinajstić information content (AvgIpc) is 2.39. The van der Waals surface area contributed by atoms with E-state index in [0.29, 0.717) is 19.5 Å². The molecule has 0 N–H and O–H groups in total. The molecular formula is C6H8N4O2. The van der Waals surface area contributed by atoms with Crippen LogP contribution in [0.1, 0.15) is 6.42 Å². The third kappa shape index (κ3) is 1.01. The van der Waals surface area contributed by atoms with Crippen LogP contribution in [0.25, 0.3) is 10.4 Å². The molecule has 2 aliphatic heterocycles. The first kappa shape index (κ1) is 7.39. The highest BCUT2D eigenvalue weighted by atomic mass is 16.5. The van der Waals surface area contributed by atoms with Gasteiger partial charge in [-0.3, -0.25) is 4.79 Å². The zero-order valence-electron chi connectivity index (χ0n) is 6.38. The number of fused-ring (bicyclic) bond motifs is 1. The second kappa shape index (κ2) is 2.66. The number of carbonyl (C=O) groups excluding carboxylic acids is 1. The quantitative estimate of drug-likeness (QED) is 0.256. The van der Waals surface area contributed by atoms with Crippen LogP contribution >= 0.6 is 0 Å². The van der Waals surface area contributed by atoms with E-state index in [4.69, 9.17) is 10.3 Å². The minimum absolute atomic E-state index is 0.0450. The number of ether oxygens (including phenoxy) is 1. The number of nitrogens with zero attached hydrogens (tertiary/aromatic N) is 4. The Morgan fingerprint density at radius 1 is 1.83 bits per heavy atom. The second-order valence-electron chi connectivity index (χ2n) is 2.88. The van der Waals surface area contributed by atoms with Crippen molar-refractivity contribution in [2.45, 2.75) is 18.8 Å². The summed E-state index contributed by atoms with van der Waals surface area (Å²) in [5.41, 5.74) is 8.05. The number of hydrogen-bond donors (Lipinski definition) is 0. The maximum Gasteiger partial charge on any atom is 0.229 e. The second-order valence-corrected chi connectivity index (χ2v) is 2.88. The van der Waals surface area contributed by atoms with Crippen molar-refractivity contribution in [3.8, 4) is 0 Å². The van der Waals surface area contributed by atoms with Gasteiger partial charge in [-0.2, -0.15) is 0 Å². The molecule has 2 heterocycles.